The van der Waals surface area contributed by atoms with Crippen molar-refractivity contribution >= 4 is 40.1 Å². The van der Waals surface area contributed by atoms with Gasteiger partial charge in [0, 0.05) is 42.9 Å². The number of hydrogen-bond acceptors (Lipinski definition) is 6. The zero-order chi connectivity index (χ0) is 25.2. The van der Waals surface area contributed by atoms with Crippen LogP contribution in [0.3, 0.4) is 0 Å². The molecule has 2 aromatic heterocycles. The van der Waals surface area contributed by atoms with Crippen LogP contribution in [0.25, 0.3) is 10.9 Å². The van der Waals surface area contributed by atoms with Crippen LogP contribution in [0.4, 0.5) is 10.6 Å². The van der Waals surface area contributed by atoms with Gasteiger partial charge in [-0.05, 0) is 44.7 Å². The monoisotopic (exact) mass is 493 g/mol. The number of hydrogen-bond donors (Lipinski definition) is 2. The van der Waals surface area contributed by atoms with Crippen LogP contribution in [0.2, 0.25) is 0 Å². The molecule has 1 saturated heterocycles. The van der Waals surface area contributed by atoms with E-state index in [4.69, 9.17) is 4.74 Å². The maximum Gasteiger partial charge on any atom is 0.408 e. The highest BCUT2D eigenvalue weighted by Gasteiger charge is 2.32. The molecular weight excluding hydrogens is 462 g/mol. The van der Waals surface area contributed by atoms with Crippen LogP contribution >= 0.6 is 11.3 Å². The molecule has 2 amide bonds. The van der Waals surface area contributed by atoms with Crippen LogP contribution in [0.5, 0.6) is 0 Å². The highest BCUT2D eigenvalue weighted by atomic mass is 32.1. The average Bonchev–Trinajstić information content (AvgIpc) is 3.52. The van der Waals surface area contributed by atoms with E-state index in [9.17, 15) is 14.9 Å². The maximum atomic E-state index is 13.2. The summed E-state index contributed by atoms with van der Waals surface area (Å²) < 4.78 is 7.43. The lowest BCUT2D eigenvalue weighted by Gasteiger charge is -2.24. The Balaban J connectivity index is 1.47. The Morgan fingerprint density at radius 2 is 2.03 bits per heavy atom. The number of carbonyl (C=O) groups is 2. The van der Waals surface area contributed by atoms with Gasteiger partial charge in [0.25, 0.3) is 0 Å². The molecule has 4 rings (SSSR count). The van der Waals surface area contributed by atoms with Gasteiger partial charge in [0.15, 0.2) is 0 Å². The first-order valence-electron chi connectivity index (χ1n) is 11.7. The van der Waals surface area contributed by atoms with Crippen molar-refractivity contribution in [2.45, 2.75) is 51.3 Å². The molecule has 1 aliphatic heterocycles. The second kappa shape index (κ2) is 10.0. The molecule has 0 saturated carbocycles. The van der Waals surface area contributed by atoms with Crippen molar-refractivity contribution in [2.75, 3.05) is 18.0 Å². The summed E-state index contributed by atoms with van der Waals surface area (Å²) in [4.78, 5) is 28.8. The Morgan fingerprint density at radius 3 is 2.71 bits per heavy atom. The number of thiophene rings is 1. The van der Waals surface area contributed by atoms with Crippen molar-refractivity contribution in [2.24, 2.45) is 7.05 Å². The fourth-order valence-corrected chi connectivity index (χ4v) is 5.27. The Kier molecular flexibility index (Phi) is 7.03. The van der Waals surface area contributed by atoms with Crippen molar-refractivity contribution in [3.63, 3.8) is 0 Å². The van der Waals surface area contributed by atoms with Crippen LogP contribution in [-0.2, 0) is 23.0 Å². The molecule has 2 N–H and O–H groups in total. The first kappa shape index (κ1) is 24.6. The molecule has 3 aromatic rings. The molecule has 35 heavy (non-hydrogen) atoms. The van der Waals surface area contributed by atoms with Crippen molar-refractivity contribution in [1.82, 2.24) is 15.2 Å². The molecule has 1 aromatic carbocycles. The number of aromatic nitrogens is 1. The standard InChI is InChI=1S/C26H31N5O3S/c1-26(2,3)34-25(33)29-21(14-18-8-7-13-35-18)23(32)28-17-11-12-31(16-17)24-20(15-27)19-9-5-6-10-22(19)30(24)4/h5-10,13,17,21H,11-12,14,16H2,1-4H3,(H,28,32)(H,29,33)/t17-,21-/m0/s1. The lowest BCUT2D eigenvalue weighted by atomic mass is 10.1. The second-order valence-corrected chi connectivity index (χ2v) is 10.8. The number of benzene rings is 1. The van der Waals surface area contributed by atoms with Crippen molar-refractivity contribution in [1.29, 1.82) is 5.26 Å². The van der Waals surface area contributed by atoms with Gasteiger partial charge in [0.2, 0.25) is 5.91 Å². The Labute approximate surface area is 209 Å². The zero-order valence-electron chi connectivity index (χ0n) is 20.5. The average molecular weight is 494 g/mol. The third-order valence-corrected chi connectivity index (χ3v) is 6.91. The van der Waals surface area contributed by atoms with Gasteiger partial charge < -0.3 is 24.8 Å². The summed E-state index contributed by atoms with van der Waals surface area (Å²) in [5.74, 6) is 0.626. The normalized spacial score (nSPS) is 16.7. The predicted octanol–water partition coefficient (Wildman–Crippen LogP) is 3.94. The summed E-state index contributed by atoms with van der Waals surface area (Å²) in [6.45, 7) is 6.67. The number of nitrogens with one attached hydrogen (secondary N) is 2. The molecule has 8 nitrogen and oxygen atoms in total. The van der Waals surface area contributed by atoms with E-state index >= 15 is 0 Å². The number of nitrogens with zero attached hydrogens (tertiary/aromatic N) is 3. The fourth-order valence-electron chi connectivity index (χ4n) is 4.52. The quantitative estimate of drug-likeness (QED) is 0.542. The van der Waals surface area contributed by atoms with Crippen molar-refractivity contribution < 1.29 is 14.3 Å². The number of ether oxygens (including phenoxy) is 1. The third-order valence-electron chi connectivity index (χ3n) is 6.01. The summed E-state index contributed by atoms with van der Waals surface area (Å²) >= 11 is 1.54. The number of para-hydroxylation sites is 1. The molecular formula is C26H31N5O3S. The van der Waals surface area contributed by atoms with Gasteiger partial charge >= 0.3 is 6.09 Å². The minimum absolute atomic E-state index is 0.0988. The first-order valence-corrected chi connectivity index (χ1v) is 12.6. The maximum absolute atomic E-state index is 13.2. The van der Waals surface area contributed by atoms with Gasteiger partial charge in [-0.3, -0.25) is 4.79 Å². The SMILES string of the molecule is Cn1c(N2CC[C@H](NC(=O)[C@H](Cc3cccs3)NC(=O)OC(C)(C)C)C2)c(C#N)c2ccccc21. The minimum Gasteiger partial charge on any atom is -0.444 e. The number of fused-ring (bicyclic) bond motifs is 1. The highest BCUT2D eigenvalue weighted by molar-refractivity contribution is 7.09. The molecule has 1 fully saturated rings. The lowest BCUT2D eigenvalue weighted by Crippen LogP contribution is -2.52. The van der Waals surface area contributed by atoms with E-state index in [1.54, 1.807) is 32.1 Å². The molecule has 3 heterocycles. The van der Waals surface area contributed by atoms with Gasteiger partial charge in [-0.1, -0.05) is 24.3 Å². The largest absolute Gasteiger partial charge is 0.444 e. The van der Waals surface area contributed by atoms with Gasteiger partial charge in [-0.2, -0.15) is 5.26 Å². The van der Waals surface area contributed by atoms with Gasteiger partial charge in [-0.25, -0.2) is 4.79 Å². The van der Waals surface area contributed by atoms with E-state index in [-0.39, 0.29) is 11.9 Å². The molecule has 0 radical (unpaired) electrons. The molecule has 184 valence electrons. The molecule has 2 atom stereocenters. The van der Waals surface area contributed by atoms with Crippen LogP contribution < -0.4 is 15.5 Å². The van der Waals surface area contributed by atoms with E-state index in [0.29, 0.717) is 18.5 Å². The number of nitriles is 1. The number of alkyl carbamates (subject to hydrolysis) is 1. The smallest absolute Gasteiger partial charge is 0.408 e. The second-order valence-electron chi connectivity index (χ2n) is 9.81. The van der Waals surface area contributed by atoms with Crippen LogP contribution in [-0.4, -0.2) is 47.3 Å². The Hall–Kier alpha value is -3.51. The molecule has 9 heteroatoms. The Bertz CT molecular complexity index is 1250. The van der Waals surface area contributed by atoms with Crippen LogP contribution in [0.1, 0.15) is 37.6 Å². The van der Waals surface area contributed by atoms with Gasteiger partial charge in [0.1, 0.15) is 29.1 Å². The topological polar surface area (TPSA) is 99.4 Å². The number of rotatable bonds is 6. The van der Waals surface area contributed by atoms with Crippen molar-refractivity contribution in [3.8, 4) is 6.07 Å². The van der Waals surface area contributed by atoms with E-state index in [2.05, 4.69) is 21.6 Å². The lowest BCUT2D eigenvalue weighted by molar-refractivity contribution is -0.123. The molecule has 0 bridgehead atoms. The molecule has 0 spiro atoms. The van der Waals surface area contributed by atoms with Gasteiger partial charge in [-0.15, -0.1) is 11.3 Å². The zero-order valence-corrected chi connectivity index (χ0v) is 21.3. The first-order chi connectivity index (χ1) is 16.7. The number of carbonyl (C=O) groups excluding carboxylic acids is 2. The van der Waals surface area contributed by atoms with E-state index in [1.165, 1.54) is 0 Å². The summed E-state index contributed by atoms with van der Waals surface area (Å²) in [5.41, 5.74) is 0.998. The fraction of sp³-hybridized carbons (Fsp3) is 0.423. The summed E-state index contributed by atoms with van der Waals surface area (Å²) in [5, 5.41) is 18.6. The predicted molar refractivity (Wildman–Crippen MR) is 138 cm³/mol. The highest BCUT2D eigenvalue weighted by Crippen LogP contribution is 2.33. The summed E-state index contributed by atoms with van der Waals surface area (Å²) in [6, 6.07) is 13.3. The summed E-state index contributed by atoms with van der Waals surface area (Å²) in [6.07, 6.45) is 0.522. The van der Waals surface area contributed by atoms with Gasteiger partial charge in [0.05, 0.1) is 5.52 Å². The van der Waals surface area contributed by atoms with Crippen LogP contribution in [0, 0.1) is 11.3 Å². The minimum atomic E-state index is -0.746. The number of aryl methyl sites for hydroxylation is 1. The molecule has 1 aliphatic rings. The van der Waals surface area contributed by atoms with Crippen LogP contribution in [0.15, 0.2) is 41.8 Å². The van der Waals surface area contributed by atoms with Crippen molar-refractivity contribution in [3.05, 3.63) is 52.2 Å². The van der Waals surface area contributed by atoms with E-state index in [0.717, 1.165) is 34.6 Å². The number of amides is 2. The Morgan fingerprint density at radius 1 is 1.26 bits per heavy atom. The molecule has 0 aliphatic carbocycles. The summed E-state index contributed by atoms with van der Waals surface area (Å²) in [7, 11) is 1.96. The number of anilines is 1. The third kappa shape index (κ3) is 5.60. The van der Waals surface area contributed by atoms with E-state index < -0.39 is 17.7 Å². The van der Waals surface area contributed by atoms with E-state index in [1.807, 2.05) is 53.4 Å². The molecule has 0 unspecified atom stereocenters.